The molecule has 4 nitrogen and oxygen atoms in total. The Kier molecular flexibility index (Phi) is 3.54. The SMILES string of the molecule is CO.Oc1c(O)c(C2CC2)c(O)c(F)c1F. The number of aromatic hydroxyl groups is 3. The van der Waals surface area contributed by atoms with E-state index in [0.29, 0.717) is 12.8 Å². The quantitative estimate of drug-likeness (QED) is 0.439. The van der Waals surface area contributed by atoms with Crippen LogP contribution in [0.15, 0.2) is 0 Å². The summed E-state index contributed by atoms with van der Waals surface area (Å²) in [7, 11) is 1.00. The first kappa shape index (κ1) is 12.5. The van der Waals surface area contributed by atoms with Crippen molar-refractivity contribution in [2.24, 2.45) is 0 Å². The van der Waals surface area contributed by atoms with Crippen molar-refractivity contribution in [1.82, 2.24) is 0 Å². The van der Waals surface area contributed by atoms with E-state index in [9.17, 15) is 19.0 Å². The normalized spacial score (nSPS) is 14.2. The number of aliphatic hydroxyl groups excluding tert-OH is 1. The highest BCUT2D eigenvalue weighted by atomic mass is 19.2. The van der Waals surface area contributed by atoms with Crippen molar-refractivity contribution < 1.29 is 29.2 Å². The summed E-state index contributed by atoms with van der Waals surface area (Å²) in [5.41, 5.74) is -0.0959. The molecule has 90 valence electrons. The molecule has 16 heavy (non-hydrogen) atoms. The van der Waals surface area contributed by atoms with Gasteiger partial charge in [-0.05, 0) is 18.8 Å². The number of phenolic OH excluding ortho intramolecular Hbond substituents is 3. The van der Waals surface area contributed by atoms with Gasteiger partial charge in [0.1, 0.15) is 0 Å². The second kappa shape index (κ2) is 4.52. The van der Waals surface area contributed by atoms with Crippen LogP contribution in [0.2, 0.25) is 0 Å². The molecule has 0 bridgehead atoms. The molecule has 0 aromatic heterocycles. The predicted molar refractivity (Wildman–Crippen MR) is 51.5 cm³/mol. The lowest BCUT2D eigenvalue weighted by Gasteiger charge is -2.09. The van der Waals surface area contributed by atoms with Crippen LogP contribution in [-0.4, -0.2) is 27.5 Å². The lowest BCUT2D eigenvalue weighted by molar-refractivity contribution is 0.338. The Morgan fingerprint density at radius 2 is 1.31 bits per heavy atom. The van der Waals surface area contributed by atoms with Gasteiger partial charge in [0, 0.05) is 12.7 Å². The van der Waals surface area contributed by atoms with Crippen LogP contribution < -0.4 is 0 Å². The third-order valence-electron chi connectivity index (χ3n) is 2.33. The number of aliphatic hydroxyl groups is 1. The van der Waals surface area contributed by atoms with E-state index >= 15 is 0 Å². The van der Waals surface area contributed by atoms with Crippen LogP contribution in [0.1, 0.15) is 24.3 Å². The van der Waals surface area contributed by atoms with Gasteiger partial charge in [0.25, 0.3) is 0 Å². The summed E-state index contributed by atoms with van der Waals surface area (Å²) in [6.07, 6.45) is 1.37. The second-order valence-electron chi connectivity index (χ2n) is 3.36. The summed E-state index contributed by atoms with van der Waals surface area (Å²) in [5, 5.41) is 34.5. The van der Waals surface area contributed by atoms with Crippen molar-refractivity contribution in [2.75, 3.05) is 7.11 Å². The Bertz CT molecular complexity index is 373. The molecular formula is C10H12F2O4. The zero-order valence-corrected chi connectivity index (χ0v) is 8.54. The molecule has 1 fully saturated rings. The summed E-state index contributed by atoms with van der Waals surface area (Å²) >= 11 is 0. The largest absolute Gasteiger partial charge is 0.504 e. The monoisotopic (exact) mass is 234 g/mol. The average molecular weight is 234 g/mol. The van der Waals surface area contributed by atoms with Gasteiger partial charge in [-0.25, -0.2) is 0 Å². The minimum Gasteiger partial charge on any atom is -0.504 e. The Balaban J connectivity index is 0.000000606. The van der Waals surface area contributed by atoms with Gasteiger partial charge in [-0.15, -0.1) is 0 Å². The molecule has 1 aromatic rings. The van der Waals surface area contributed by atoms with E-state index in [1.165, 1.54) is 0 Å². The fourth-order valence-electron chi connectivity index (χ4n) is 1.43. The van der Waals surface area contributed by atoms with E-state index in [0.717, 1.165) is 7.11 Å². The van der Waals surface area contributed by atoms with Crippen LogP contribution in [0.3, 0.4) is 0 Å². The maximum atomic E-state index is 12.9. The van der Waals surface area contributed by atoms with E-state index in [1.54, 1.807) is 0 Å². The van der Waals surface area contributed by atoms with Crippen LogP contribution in [0.25, 0.3) is 0 Å². The van der Waals surface area contributed by atoms with Crippen LogP contribution in [0, 0.1) is 11.6 Å². The van der Waals surface area contributed by atoms with E-state index < -0.39 is 28.9 Å². The zero-order valence-electron chi connectivity index (χ0n) is 8.54. The summed E-state index contributed by atoms with van der Waals surface area (Å²) in [4.78, 5) is 0. The minimum atomic E-state index is -1.62. The van der Waals surface area contributed by atoms with E-state index in [1.807, 2.05) is 0 Å². The third kappa shape index (κ3) is 1.88. The molecule has 0 saturated heterocycles. The number of phenols is 3. The van der Waals surface area contributed by atoms with Gasteiger partial charge in [-0.2, -0.15) is 8.78 Å². The molecule has 1 aromatic carbocycles. The molecule has 0 spiro atoms. The first-order valence-electron chi connectivity index (χ1n) is 4.60. The van der Waals surface area contributed by atoms with Crippen molar-refractivity contribution in [2.45, 2.75) is 18.8 Å². The van der Waals surface area contributed by atoms with Gasteiger partial charge in [-0.3, -0.25) is 0 Å². The van der Waals surface area contributed by atoms with Crippen molar-refractivity contribution in [3.05, 3.63) is 17.2 Å². The number of benzene rings is 1. The minimum absolute atomic E-state index is 0.0959. The zero-order chi connectivity index (χ0) is 12.5. The maximum Gasteiger partial charge on any atom is 0.208 e. The number of halogens is 2. The Labute approximate surface area is 90.4 Å². The molecule has 0 aliphatic heterocycles. The fourth-order valence-corrected chi connectivity index (χ4v) is 1.43. The van der Waals surface area contributed by atoms with E-state index in [2.05, 4.69) is 0 Å². The van der Waals surface area contributed by atoms with E-state index in [4.69, 9.17) is 10.2 Å². The number of hydrogen-bond acceptors (Lipinski definition) is 4. The summed E-state index contributed by atoms with van der Waals surface area (Å²) in [6, 6.07) is 0. The third-order valence-corrected chi connectivity index (χ3v) is 2.33. The first-order chi connectivity index (χ1) is 7.54. The standard InChI is InChI=1S/C9H8F2O3.CH4O/c10-5-6(11)9(14)8(13)4(7(5)12)3-1-2-3;1-2/h3,12-14H,1-2H2;2H,1H3. The molecule has 0 radical (unpaired) electrons. The Hall–Kier alpha value is -1.56. The van der Waals surface area contributed by atoms with Gasteiger partial charge in [0.05, 0.1) is 0 Å². The summed E-state index contributed by atoms with van der Waals surface area (Å²) < 4.78 is 25.7. The molecule has 1 saturated carbocycles. The van der Waals surface area contributed by atoms with Crippen LogP contribution in [0.5, 0.6) is 17.2 Å². The first-order valence-corrected chi connectivity index (χ1v) is 4.60. The number of rotatable bonds is 1. The maximum absolute atomic E-state index is 12.9. The lowest BCUT2D eigenvalue weighted by atomic mass is 10.1. The van der Waals surface area contributed by atoms with Gasteiger partial charge < -0.3 is 20.4 Å². The molecule has 0 unspecified atom stereocenters. The molecular weight excluding hydrogens is 222 g/mol. The average Bonchev–Trinajstić information content (AvgIpc) is 3.11. The molecule has 1 aliphatic carbocycles. The highest BCUT2D eigenvalue weighted by Crippen LogP contribution is 2.52. The van der Waals surface area contributed by atoms with Crippen LogP contribution >= 0.6 is 0 Å². The smallest absolute Gasteiger partial charge is 0.208 e. The highest BCUT2D eigenvalue weighted by Gasteiger charge is 2.34. The van der Waals surface area contributed by atoms with Gasteiger partial charge >= 0.3 is 0 Å². The Morgan fingerprint density at radius 3 is 1.75 bits per heavy atom. The van der Waals surface area contributed by atoms with Crippen molar-refractivity contribution in [1.29, 1.82) is 0 Å². The van der Waals surface area contributed by atoms with Crippen LogP contribution in [-0.2, 0) is 0 Å². The molecule has 6 heteroatoms. The molecule has 1 aliphatic rings. The second-order valence-corrected chi connectivity index (χ2v) is 3.36. The van der Waals surface area contributed by atoms with Gasteiger partial charge in [0.15, 0.2) is 17.2 Å². The van der Waals surface area contributed by atoms with Gasteiger partial charge in [-0.1, -0.05) is 0 Å². The molecule has 0 atom stereocenters. The summed E-state index contributed by atoms with van der Waals surface area (Å²) in [5.74, 6) is -6.12. The summed E-state index contributed by atoms with van der Waals surface area (Å²) in [6.45, 7) is 0. The molecule has 0 heterocycles. The lowest BCUT2D eigenvalue weighted by Crippen LogP contribution is -1.93. The number of hydrogen-bond donors (Lipinski definition) is 4. The van der Waals surface area contributed by atoms with Crippen LogP contribution in [0.4, 0.5) is 8.78 Å². The molecule has 0 amide bonds. The molecule has 2 rings (SSSR count). The Morgan fingerprint density at radius 1 is 0.875 bits per heavy atom. The van der Waals surface area contributed by atoms with Gasteiger partial charge in [0.2, 0.25) is 11.6 Å². The van der Waals surface area contributed by atoms with Crippen molar-refractivity contribution >= 4 is 0 Å². The van der Waals surface area contributed by atoms with Crippen molar-refractivity contribution in [3.8, 4) is 17.2 Å². The fraction of sp³-hybridized carbons (Fsp3) is 0.400. The molecule has 4 N–H and O–H groups in total. The van der Waals surface area contributed by atoms with Crippen molar-refractivity contribution in [3.63, 3.8) is 0 Å². The topological polar surface area (TPSA) is 80.9 Å². The highest BCUT2D eigenvalue weighted by molar-refractivity contribution is 5.56. The predicted octanol–water partition coefficient (Wildman–Crippen LogP) is 1.57. The van der Waals surface area contributed by atoms with E-state index in [-0.39, 0.29) is 11.5 Å².